The van der Waals surface area contributed by atoms with E-state index in [-0.39, 0.29) is 31.7 Å². The highest BCUT2D eigenvalue weighted by Crippen LogP contribution is 2.32. The topological polar surface area (TPSA) is 85.7 Å². The summed E-state index contributed by atoms with van der Waals surface area (Å²) in [6.07, 6.45) is 0. The fraction of sp³-hybridized carbons (Fsp3) is 0.250. The third-order valence-corrected chi connectivity index (χ3v) is 6.19. The lowest BCUT2D eigenvalue weighted by Gasteiger charge is -2.24. The van der Waals surface area contributed by atoms with Crippen molar-refractivity contribution in [3.63, 3.8) is 0 Å². The number of hydrogen-bond donors (Lipinski definition) is 1. The van der Waals surface area contributed by atoms with E-state index in [9.17, 15) is 9.59 Å². The number of carbonyl (C=O) groups excluding carboxylic acids is 2. The molecule has 1 aromatic heterocycles. The molecule has 0 bridgehead atoms. The predicted molar refractivity (Wildman–Crippen MR) is 137 cm³/mol. The van der Waals surface area contributed by atoms with Crippen LogP contribution in [-0.4, -0.2) is 34.7 Å². The molecule has 184 valence electrons. The van der Waals surface area contributed by atoms with Gasteiger partial charge in [0, 0.05) is 12.2 Å². The normalized spacial score (nSPS) is 12.1. The number of aromatic nitrogens is 2. The third kappa shape index (κ3) is 4.88. The molecule has 2 heterocycles. The molecule has 36 heavy (non-hydrogen) atoms. The number of benzene rings is 3. The number of fused-ring (bicyclic) bond motifs is 2. The van der Waals surface area contributed by atoms with Gasteiger partial charge in [-0.05, 0) is 73.9 Å². The number of ether oxygens (including phenoxy) is 2. The second-order valence-electron chi connectivity index (χ2n) is 9.02. The molecule has 0 spiro atoms. The van der Waals surface area contributed by atoms with Gasteiger partial charge in [-0.1, -0.05) is 24.3 Å². The van der Waals surface area contributed by atoms with Gasteiger partial charge in [0.15, 0.2) is 11.5 Å². The molecular weight excluding hydrogens is 456 g/mol. The van der Waals surface area contributed by atoms with E-state index in [1.165, 1.54) is 0 Å². The van der Waals surface area contributed by atoms with E-state index in [4.69, 9.17) is 9.47 Å². The number of aryl methyl sites for hydroxylation is 3. The fourth-order valence-electron chi connectivity index (χ4n) is 4.50. The third-order valence-electron chi connectivity index (χ3n) is 6.19. The van der Waals surface area contributed by atoms with Gasteiger partial charge in [-0.15, -0.1) is 0 Å². The summed E-state index contributed by atoms with van der Waals surface area (Å²) >= 11 is 0. The molecule has 0 radical (unpaired) electrons. The Morgan fingerprint density at radius 2 is 1.72 bits per heavy atom. The number of nitrogens with one attached hydrogen (secondary N) is 1. The summed E-state index contributed by atoms with van der Waals surface area (Å²) < 4.78 is 12.6. The van der Waals surface area contributed by atoms with Crippen LogP contribution in [0.5, 0.6) is 11.5 Å². The van der Waals surface area contributed by atoms with Crippen molar-refractivity contribution in [2.75, 3.05) is 18.2 Å². The SMILES string of the molecule is Cc1cc(C)cc(N(CC(=O)NCc2ccc3c(c2)OCO3)C(=O)Cn2c(C)nc3ccccc32)c1. The van der Waals surface area contributed by atoms with E-state index >= 15 is 0 Å². The van der Waals surface area contributed by atoms with Gasteiger partial charge < -0.3 is 24.3 Å². The summed E-state index contributed by atoms with van der Waals surface area (Å²) in [4.78, 5) is 32.8. The van der Waals surface area contributed by atoms with E-state index in [1.807, 2.05) is 86.0 Å². The minimum Gasteiger partial charge on any atom is -0.454 e. The van der Waals surface area contributed by atoms with Gasteiger partial charge in [-0.25, -0.2) is 4.98 Å². The summed E-state index contributed by atoms with van der Waals surface area (Å²) in [5.41, 5.74) is 5.34. The monoisotopic (exact) mass is 484 g/mol. The standard InChI is InChI=1S/C28H28N4O4/c1-18-10-19(2)12-22(11-18)32(28(34)16-31-20(3)30-23-6-4-5-7-24(23)31)15-27(33)29-14-21-8-9-25-26(13-21)36-17-35-25/h4-13H,14-17H2,1-3H3,(H,29,33). The molecule has 0 fully saturated rings. The molecule has 8 heteroatoms. The first-order valence-corrected chi connectivity index (χ1v) is 11.8. The molecule has 1 aliphatic heterocycles. The molecule has 0 aliphatic carbocycles. The zero-order chi connectivity index (χ0) is 25.2. The van der Waals surface area contributed by atoms with Crippen molar-refractivity contribution in [1.29, 1.82) is 0 Å². The van der Waals surface area contributed by atoms with E-state index in [0.29, 0.717) is 23.7 Å². The highest BCUT2D eigenvalue weighted by atomic mass is 16.7. The molecule has 4 aromatic rings. The van der Waals surface area contributed by atoms with Crippen LogP contribution in [0.4, 0.5) is 5.69 Å². The number of anilines is 1. The van der Waals surface area contributed by atoms with Crippen LogP contribution in [0.3, 0.4) is 0 Å². The Labute approximate surface area is 209 Å². The molecule has 0 unspecified atom stereocenters. The number of carbonyl (C=O) groups is 2. The summed E-state index contributed by atoms with van der Waals surface area (Å²) in [7, 11) is 0. The molecule has 2 amide bonds. The molecule has 0 saturated carbocycles. The Morgan fingerprint density at radius 3 is 2.53 bits per heavy atom. The van der Waals surface area contributed by atoms with Crippen LogP contribution >= 0.6 is 0 Å². The average Bonchev–Trinajstić information content (AvgIpc) is 3.44. The summed E-state index contributed by atoms with van der Waals surface area (Å²) in [6, 6.07) is 19.2. The number of nitrogens with zero attached hydrogens (tertiary/aromatic N) is 3. The summed E-state index contributed by atoms with van der Waals surface area (Å²) in [5.74, 6) is 1.66. The Balaban J connectivity index is 1.36. The van der Waals surface area contributed by atoms with E-state index in [1.54, 1.807) is 4.90 Å². The maximum Gasteiger partial charge on any atom is 0.247 e. The highest BCUT2D eigenvalue weighted by Gasteiger charge is 2.22. The first kappa shape index (κ1) is 23.4. The minimum atomic E-state index is -0.257. The quantitative estimate of drug-likeness (QED) is 0.428. The molecule has 0 atom stereocenters. The van der Waals surface area contributed by atoms with E-state index < -0.39 is 0 Å². The Bertz CT molecular complexity index is 1440. The van der Waals surface area contributed by atoms with E-state index in [2.05, 4.69) is 10.3 Å². The Hall–Kier alpha value is -4.33. The lowest BCUT2D eigenvalue weighted by Crippen LogP contribution is -2.42. The van der Waals surface area contributed by atoms with Crippen LogP contribution in [0.2, 0.25) is 0 Å². The average molecular weight is 485 g/mol. The second kappa shape index (κ2) is 9.73. The molecule has 1 N–H and O–H groups in total. The Kier molecular flexibility index (Phi) is 6.33. The van der Waals surface area contributed by atoms with Crippen LogP contribution in [0.25, 0.3) is 11.0 Å². The molecule has 3 aromatic carbocycles. The van der Waals surface area contributed by atoms with Crippen molar-refractivity contribution < 1.29 is 19.1 Å². The first-order chi connectivity index (χ1) is 17.4. The molecule has 0 saturated heterocycles. The molecule has 1 aliphatic rings. The summed E-state index contributed by atoms with van der Waals surface area (Å²) in [6.45, 7) is 6.33. The smallest absolute Gasteiger partial charge is 0.247 e. The van der Waals surface area contributed by atoms with Crippen LogP contribution in [0, 0.1) is 20.8 Å². The van der Waals surface area contributed by atoms with Crippen molar-refractivity contribution in [1.82, 2.24) is 14.9 Å². The van der Waals surface area contributed by atoms with Gasteiger partial charge in [0.1, 0.15) is 18.9 Å². The van der Waals surface area contributed by atoms with Gasteiger partial charge in [-0.3, -0.25) is 9.59 Å². The maximum absolute atomic E-state index is 13.6. The van der Waals surface area contributed by atoms with Gasteiger partial charge in [0.25, 0.3) is 0 Å². The molecule has 5 rings (SSSR count). The van der Waals surface area contributed by atoms with Gasteiger partial charge in [0.05, 0.1) is 11.0 Å². The lowest BCUT2D eigenvalue weighted by atomic mass is 10.1. The second-order valence-corrected chi connectivity index (χ2v) is 9.02. The first-order valence-electron chi connectivity index (χ1n) is 11.8. The number of para-hydroxylation sites is 2. The number of amides is 2. The van der Waals surface area contributed by atoms with Crippen molar-refractivity contribution in [3.8, 4) is 11.5 Å². The van der Waals surface area contributed by atoms with Crippen LogP contribution in [0.15, 0.2) is 60.7 Å². The van der Waals surface area contributed by atoms with Gasteiger partial charge in [-0.2, -0.15) is 0 Å². The fourth-order valence-corrected chi connectivity index (χ4v) is 4.50. The lowest BCUT2D eigenvalue weighted by molar-refractivity contribution is -0.124. The van der Waals surface area contributed by atoms with Crippen molar-refractivity contribution >= 4 is 28.5 Å². The largest absolute Gasteiger partial charge is 0.454 e. The molecular formula is C28H28N4O4. The minimum absolute atomic E-state index is 0.0782. The number of hydrogen-bond acceptors (Lipinski definition) is 5. The zero-order valence-corrected chi connectivity index (χ0v) is 20.6. The highest BCUT2D eigenvalue weighted by molar-refractivity contribution is 5.99. The van der Waals surface area contributed by atoms with Crippen LogP contribution in [0.1, 0.15) is 22.5 Å². The van der Waals surface area contributed by atoms with E-state index in [0.717, 1.165) is 33.5 Å². The van der Waals surface area contributed by atoms with Gasteiger partial charge >= 0.3 is 0 Å². The van der Waals surface area contributed by atoms with Gasteiger partial charge in [0.2, 0.25) is 18.6 Å². The zero-order valence-electron chi connectivity index (χ0n) is 20.6. The Morgan fingerprint density at radius 1 is 0.972 bits per heavy atom. The van der Waals surface area contributed by atoms with Crippen LogP contribution in [-0.2, 0) is 22.7 Å². The number of imidazole rings is 1. The maximum atomic E-state index is 13.6. The predicted octanol–water partition coefficient (Wildman–Crippen LogP) is 4.04. The number of rotatable bonds is 7. The molecule has 8 nitrogen and oxygen atoms in total. The van der Waals surface area contributed by atoms with Crippen molar-refractivity contribution in [3.05, 3.63) is 83.2 Å². The summed E-state index contributed by atoms with van der Waals surface area (Å²) in [5, 5.41) is 2.93. The van der Waals surface area contributed by atoms with Crippen LogP contribution < -0.4 is 19.7 Å². The van der Waals surface area contributed by atoms with Crippen molar-refractivity contribution in [2.45, 2.75) is 33.9 Å². The van der Waals surface area contributed by atoms with Crippen molar-refractivity contribution in [2.24, 2.45) is 0 Å².